The molecule has 0 spiro atoms. The third kappa shape index (κ3) is 12.0. The second-order valence-corrected chi connectivity index (χ2v) is 12.0. The average Bonchev–Trinajstić information content (AvgIpc) is 2.95. The number of benzene rings is 1. The fourth-order valence-electron chi connectivity index (χ4n) is 4.76. The molecule has 0 saturated carbocycles. The van der Waals surface area contributed by atoms with Gasteiger partial charge in [-0.15, -0.1) is 0 Å². The van der Waals surface area contributed by atoms with Gasteiger partial charge in [-0.2, -0.15) is 0 Å². The maximum Gasteiger partial charge on any atom is 0.338 e. The van der Waals surface area contributed by atoms with Gasteiger partial charge in [-0.1, -0.05) is 103 Å². The van der Waals surface area contributed by atoms with E-state index in [1.165, 1.54) is 96.3 Å². The van der Waals surface area contributed by atoms with Crippen LogP contribution >= 0.6 is 8.60 Å². The van der Waals surface area contributed by atoms with Crippen LogP contribution < -0.4 is 4.74 Å². The Hall–Kier alpha value is -1.20. The number of esters is 1. The van der Waals surface area contributed by atoms with Gasteiger partial charge in [0.2, 0.25) is 0 Å². The van der Waals surface area contributed by atoms with Crippen LogP contribution in [0.15, 0.2) is 24.3 Å². The van der Waals surface area contributed by atoms with Crippen LogP contribution in [0.2, 0.25) is 0 Å². The molecule has 3 fully saturated rings. The van der Waals surface area contributed by atoms with Crippen molar-refractivity contribution >= 4 is 14.6 Å². The Labute approximate surface area is 226 Å². The molecule has 3 aliphatic heterocycles. The molecule has 0 radical (unpaired) electrons. The molecular formula is C30H49O6P. The average molecular weight is 537 g/mol. The Kier molecular flexibility index (Phi) is 14.9. The summed E-state index contributed by atoms with van der Waals surface area (Å²) >= 11 is 0. The van der Waals surface area contributed by atoms with E-state index in [0.717, 1.165) is 12.2 Å². The highest BCUT2D eigenvalue weighted by atomic mass is 31.2. The van der Waals surface area contributed by atoms with Crippen molar-refractivity contribution < 1.29 is 27.8 Å². The van der Waals surface area contributed by atoms with Crippen molar-refractivity contribution in [3.63, 3.8) is 0 Å². The van der Waals surface area contributed by atoms with Crippen molar-refractivity contribution in [2.75, 3.05) is 33.0 Å². The van der Waals surface area contributed by atoms with E-state index in [1.807, 2.05) is 12.1 Å². The molecule has 0 aliphatic carbocycles. The number of ether oxygens (including phenoxy) is 2. The summed E-state index contributed by atoms with van der Waals surface area (Å²) in [5, 5.41) is 0. The number of carbonyl (C=O) groups excluding carboxylic acids is 1. The summed E-state index contributed by atoms with van der Waals surface area (Å²) < 4.78 is 27.7. The maximum atomic E-state index is 12.4. The molecule has 0 unspecified atom stereocenters. The molecule has 0 amide bonds. The van der Waals surface area contributed by atoms with Gasteiger partial charge in [0.25, 0.3) is 0 Å². The lowest BCUT2D eigenvalue weighted by Crippen LogP contribution is -2.47. The van der Waals surface area contributed by atoms with E-state index >= 15 is 0 Å². The zero-order valence-electron chi connectivity index (χ0n) is 23.1. The lowest BCUT2D eigenvalue weighted by atomic mass is 9.92. The molecular weight excluding hydrogens is 487 g/mol. The first-order valence-corrected chi connectivity index (χ1v) is 15.9. The van der Waals surface area contributed by atoms with Crippen molar-refractivity contribution in [3.05, 3.63) is 29.8 Å². The highest BCUT2D eigenvalue weighted by molar-refractivity contribution is 7.41. The van der Waals surface area contributed by atoms with E-state index in [4.69, 9.17) is 23.0 Å². The quantitative estimate of drug-likeness (QED) is 0.0889. The molecule has 37 heavy (non-hydrogen) atoms. The van der Waals surface area contributed by atoms with Crippen LogP contribution in [-0.4, -0.2) is 39.0 Å². The zero-order chi connectivity index (χ0) is 26.0. The Morgan fingerprint density at radius 1 is 0.730 bits per heavy atom. The molecule has 210 valence electrons. The van der Waals surface area contributed by atoms with Crippen molar-refractivity contribution in [1.82, 2.24) is 0 Å². The van der Waals surface area contributed by atoms with Crippen molar-refractivity contribution in [2.24, 2.45) is 5.41 Å². The number of carbonyl (C=O) groups is 1. The van der Waals surface area contributed by atoms with Gasteiger partial charge in [0.1, 0.15) is 12.4 Å². The molecule has 3 heterocycles. The molecule has 7 heteroatoms. The minimum absolute atomic E-state index is 0.229. The van der Waals surface area contributed by atoms with Crippen LogP contribution in [0.5, 0.6) is 5.75 Å². The van der Waals surface area contributed by atoms with Gasteiger partial charge < -0.3 is 23.0 Å². The van der Waals surface area contributed by atoms with Crippen molar-refractivity contribution in [3.8, 4) is 5.75 Å². The van der Waals surface area contributed by atoms with Gasteiger partial charge in [0, 0.05) is 0 Å². The summed E-state index contributed by atoms with van der Waals surface area (Å²) in [7, 11) is -1.18. The number of hydrogen-bond donors (Lipinski definition) is 0. The zero-order valence-corrected chi connectivity index (χ0v) is 23.9. The summed E-state index contributed by atoms with van der Waals surface area (Å²) in [6.07, 6.45) is 21.8. The van der Waals surface area contributed by atoms with Crippen LogP contribution in [0.25, 0.3) is 0 Å². The second-order valence-electron chi connectivity index (χ2n) is 10.8. The highest BCUT2D eigenvalue weighted by Crippen LogP contribution is 2.53. The van der Waals surface area contributed by atoms with E-state index in [1.54, 1.807) is 12.1 Å². The van der Waals surface area contributed by atoms with Crippen LogP contribution in [0, 0.1) is 5.41 Å². The van der Waals surface area contributed by atoms with Gasteiger partial charge in [-0.05, 0) is 30.7 Å². The molecule has 1 aromatic carbocycles. The lowest BCUT2D eigenvalue weighted by Gasteiger charge is -2.43. The van der Waals surface area contributed by atoms with Gasteiger partial charge in [-0.25, -0.2) is 4.79 Å². The maximum absolute atomic E-state index is 12.4. The molecule has 0 N–H and O–H groups in total. The van der Waals surface area contributed by atoms with Crippen LogP contribution in [-0.2, 0) is 18.3 Å². The van der Waals surface area contributed by atoms with Gasteiger partial charge in [0.05, 0.1) is 37.4 Å². The molecule has 3 saturated heterocycles. The third-order valence-electron chi connectivity index (χ3n) is 7.29. The summed E-state index contributed by atoms with van der Waals surface area (Å²) in [6, 6.07) is 7.19. The molecule has 3 aliphatic rings. The molecule has 0 atom stereocenters. The summed E-state index contributed by atoms with van der Waals surface area (Å²) in [5.74, 6) is 0.441. The number of rotatable bonds is 21. The van der Waals surface area contributed by atoms with Crippen molar-refractivity contribution in [2.45, 2.75) is 110 Å². The first kappa shape index (κ1) is 30.3. The monoisotopic (exact) mass is 536 g/mol. The number of fused-ring (bicyclic) bond motifs is 3. The predicted octanol–water partition coefficient (Wildman–Crippen LogP) is 8.77. The molecule has 4 rings (SSSR count). The van der Waals surface area contributed by atoms with Gasteiger partial charge in [0.15, 0.2) is 0 Å². The lowest BCUT2D eigenvalue weighted by molar-refractivity contribution is -0.0999. The summed E-state index contributed by atoms with van der Waals surface area (Å²) in [6.45, 7) is 4.76. The summed E-state index contributed by atoms with van der Waals surface area (Å²) in [5.41, 5.74) is 0.130. The van der Waals surface area contributed by atoms with E-state index < -0.39 is 8.60 Å². The molecule has 0 aromatic heterocycles. The van der Waals surface area contributed by atoms with Crippen LogP contribution in [0.4, 0.5) is 0 Å². The number of hydrogen-bond acceptors (Lipinski definition) is 6. The topological polar surface area (TPSA) is 63.2 Å². The van der Waals surface area contributed by atoms with E-state index in [9.17, 15) is 4.79 Å². The highest BCUT2D eigenvalue weighted by Gasteiger charge is 2.45. The van der Waals surface area contributed by atoms with E-state index in [0.29, 0.717) is 32.0 Å². The Bertz CT molecular complexity index is 718. The molecule has 1 aromatic rings. The first-order chi connectivity index (χ1) is 18.2. The van der Waals surface area contributed by atoms with Crippen molar-refractivity contribution in [1.29, 1.82) is 0 Å². The standard InChI is InChI=1S/C30H49O6P/c1-2-3-4-5-6-7-8-9-10-11-12-13-14-15-16-17-22-32-28-20-18-27(19-21-28)29(31)33-23-30-24-34-37(35-25-30)36-26-30/h18-21H,2-17,22-26H2,1H3. The smallest absolute Gasteiger partial charge is 0.338 e. The second kappa shape index (κ2) is 18.2. The van der Waals surface area contributed by atoms with Gasteiger partial charge >= 0.3 is 14.6 Å². The van der Waals surface area contributed by atoms with E-state index in [2.05, 4.69) is 6.92 Å². The minimum Gasteiger partial charge on any atom is -0.494 e. The fourth-order valence-corrected chi connectivity index (χ4v) is 6.12. The largest absolute Gasteiger partial charge is 0.494 e. The molecule has 2 bridgehead atoms. The van der Waals surface area contributed by atoms with E-state index in [-0.39, 0.29) is 18.0 Å². The fraction of sp³-hybridized carbons (Fsp3) is 0.767. The first-order valence-electron chi connectivity index (χ1n) is 14.8. The normalized spacial score (nSPS) is 20.7. The Morgan fingerprint density at radius 2 is 1.19 bits per heavy atom. The number of unbranched alkanes of at least 4 members (excludes halogenated alkanes) is 15. The third-order valence-corrected chi connectivity index (χ3v) is 8.31. The van der Waals surface area contributed by atoms with Crippen LogP contribution in [0.3, 0.4) is 0 Å². The minimum atomic E-state index is -1.18. The Balaban J connectivity index is 1.11. The predicted molar refractivity (Wildman–Crippen MR) is 149 cm³/mol. The molecule has 6 nitrogen and oxygen atoms in total. The summed E-state index contributed by atoms with van der Waals surface area (Å²) in [4.78, 5) is 12.4. The van der Waals surface area contributed by atoms with Crippen LogP contribution in [0.1, 0.15) is 120 Å². The Morgan fingerprint density at radius 3 is 1.68 bits per heavy atom. The SMILES string of the molecule is CCCCCCCCCCCCCCCCCCOc1ccc(C(=O)OCC23COP(OC2)OC3)cc1. The van der Waals surface area contributed by atoms with Gasteiger partial charge in [-0.3, -0.25) is 0 Å².